The molecule has 1 N–H and O–H groups in total. The molecule has 16 heavy (non-hydrogen) atoms. The Morgan fingerprint density at radius 1 is 1.31 bits per heavy atom. The molecule has 3 nitrogen and oxygen atoms in total. The fourth-order valence-electron chi connectivity index (χ4n) is 2.35. The SMILES string of the molecule is CCOC(C)CNC1CCCN(CC)CC1. The van der Waals surface area contributed by atoms with Crippen LogP contribution in [0.1, 0.15) is 40.0 Å². The van der Waals surface area contributed by atoms with Crippen LogP contribution in [0.15, 0.2) is 0 Å². The van der Waals surface area contributed by atoms with Gasteiger partial charge in [-0.1, -0.05) is 6.92 Å². The summed E-state index contributed by atoms with van der Waals surface area (Å²) in [7, 11) is 0. The van der Waals surface area contributed by atoms with Gasteiger partial charge in [0, 0.05) is 19.2 Å². The number of hydrogen-bond donors (Lipinski definition) is 1. The third kappa shape index (κ3) is 5.28. The third-order valence-electron chi connectivity index (χ3n) is 3.41. The van der Waals surface area contributed by atoms with Crippen LogP contribution in [0.25, 0.3) is 0 Å². The minimum atomic E-state index is 0.343. The minimum Gasteiger partial charge on any atom is -0.377 e. The molecule has 1 saturated heterocycles. The molecule has 0 aromatic carbocycles. The molecule has 0 aliphatic carbocycles. The second kappa shape index (κ2) is 8.04. The fraction of sp³-hybridized carbons (Fsp3) is 1.00. The summed E-state index contributed by atoms with van der Waals surface area (Å²) in [5.41, 5.74) is 0. The third-order valence-corrected chi connectivity index (χ3v) is 3.41. The molecule has 0 radical (unpaired) electrons. The molecule has 96 valence electrons. The highest BCUT2D eigenvalue weighted by atomic mass is 16.5. The van der Waals surface area contributed by atoms with Crippen molar-refractivity contribution in [3.63, 3.8) is 0 Å². The van der Waals surface area contributed by atoms with E-state index >= 15 is 0 Å². The van der Waals surface area contributed by atoms with Crippen molar-refractivity contribution >= 4 is 0 Å². The highest BCUT2D eigenvalue weighted by molar-refractivity contribution is 4.75. The Morgan fingerprint density at radius 2 is 2.12 bits per heavy atom. The van der Waals surface area contributed by atoms with E-state index in [1.54, 1.807) is 0 Å². The molecule has 2 unspecified atom stereocenters. The maximum atomic E-state index is 5.53. The predicted molar refractivity (Wildman–Crippen MR) is 68.8 cm³/mol. The van der Waals surface area contributed by atoms with Gasteiger partial charge in [-0.25, -0.2) is 0 Å². The molecule has 1 heterocycles. The van der Waals surface area contributed by atoms with E-state index < -0.39 is 0 Å². The van der Waals surface area contributed by atoms with Crippen LogP contribution in [0.3, 0.4) is 0 Å². The summed E-state index contributed by atoms with van der Waals surface area (Å²) in [5, 5.41) is 3.64. The van der Waals surface area contributed by atoms with Gasteiger partial charge in [0.25, 0.3) is 0 Å². The quantitative estimate of drug-likeness (QED) is 0.751. The van der Waals surface area contributed by atoms with E-state index in [4.69, 9.17) is 4.74 Å². The second-order valence-electron chi connectivity index (χ2n) is 4.74. The Labute approximate surface area is 101 Å². The topological polar surface area (TPSA) is 24.5 Å². The normalized spacial score (nSPS) is 25.3. The molecule has 1 aliphatic rings. The van der Waals surface area contributed by atoms with Crippen LogP contribution < -0.4 is 5.32 Å². The first-order chi connectivity index (χ1) is 7.76. The van der Waals surface area contributed by atoms with Gasteiger partial charge in [0.05, 0.1) is 6.10 Å². The van der Waals surface area contributed by atoms with Crippen LogP contribution >= 0.6 is 0 Å². The molecule has 2 atom stereocenters. The van der Waals surface area contributed by atoms with Crippen molar-refractivity contribution < 1.29 is 4.74 Å². The van der Waals surface area contributed by atoms with Gasteiger partial charge >= 0.3 is 0 Å². The Bertz CT molecular complexity index is 175. The van der Waals surface area contributed by atoms with Crippen LogP contribution in [0, 0.1) is 0 Å². The van der Waals surface area contributed by atoms with Crippen molar-refractivity contribution in [2.24, 2.45) is 0 Å². The van der Waals surface area contributed by atoms with E-state index in [9.17, 15) is 0 Å². The molecular weight excluding hydrogens is 200 g/mol. The van der Waals surface area contributed by atoms with Crippen molar-refractivity contribution in [1.82, 2.24) is 10.2 Å². The zero-order valence-electron chi connectivity index (χ0n) is 11.2. The van der Waals surface area contributed by atoms with E-state index in [0.29, 0.717) is 12.1 Å². The Hall–Kier alpha value is -0.120. The van der Waals surface area contributed by atoms with Crippen molar-refractivity contribution in [2.75, 3.05) is 32.8 Å². The van der Waals surface area contributed by atoms with Crippen LogP contribution in [0.5, 0.6) is 0 Å². The van der Waals surface area contributed by atoms with E-state index in [0.717, 1.165) is 13.2 Å². The Morgan fingerprint density at radius 3 is 2.81 bits per heavy atom. The predicted octanol–water partition coefficient (Wildman–Crippen LogP) is 1.88. The lowest BCUT2D eigenvalue weighted by Crippen LogP contribution is -2.36. The van der Waals surface area contributed by atoms with Crippen LogP contribution in [0.4, 0.5) is 0 Å². The summed E-state index contributed by atoms with van der Waals surface area (Å²) in [6, 6.07) is 0.694. The van der Waals surface area contributed by atoms with Gasteiger partial charge in [0.15, 0.2) is 0 Å². The molecule has 1 aliphatic heterocycles. The summed E-state index contributed by atoms with van der Waals surface area (Å²) in [6.07, 6.45) is 4.27. The van der Waals surface area contributed by atoms with Crippen LogP contribution in [-0.2, 0) is 4.74 Å². The van der Waals surface area contributed by atoms with E-state index in [1.165, 1.54) is 38.9 Å². The molecule has 0 aromatic heterocycles. The lowest BCUT2D eigenvalue weighted by Gasteiger charge is -2.20. The number of nitrogens with one attached hydrogen (secondary N) is 1. The number of ether oxygens (including phenoxy) is 1. The molecule has 0 aromatic rings. The minimum absolute atomic E-state index is 0.343. The van der Waals surface area contributed by atoms with Gasteiger partial charge in [-0.15, -0.1) is 0 Å². The maximum absolute atomic E-state index is 5.53. The molecule has 0 amide bonds. The summed E-state index contributed by atoms with van der Waals surface area (Å²) in [5.74, 6) is 0. The van der Waals surface area contributed by atoms with Gasteiger partial charge in [-0.2, -0.15) is 0 Å². The first kappa shape index (κ1) is 13.9. The van der Waals surface area contributed by atoms with Crippen LogP contribution in [-0.4, -0.2) is 49.8 Å². The summed E-state index contributed by atoms with van der Waals surface area (Å²) < 4.78 is 5.53. The van der Waals surface area contributed by atoms with Crippen molar-refractivity contribution in [3.05, 3.63) is 0 Å². The van der Waals surface area contributed by atoms with Gasteiger partial charge < -0.3 is 15.0 Å². The summed E-state index contributed by atoms with van der Waals surface area (Å²) in [6.45, 7) is 12.0. The van der Waals surface area contributed by atoms with Crippen molar-refractivity contribution in [1.29, 1.82) is 0 Å². The molecule has 1 fully saturated rings. The monoisotopic (exact) mass is 228 g/mol. The molecule has 0 bridgehead atoms. The zero-order chi connectivity index (χ0) is 11.8. The standard InChI is InChI=1S/C13H28N2O/c1-4-15-9-6-7-13(8-10-15)14-11-12(3)16-5-2/h12-14H,4-11H2,1-3H3. The van der Waals surface area contributed by atoms with E-state index in [1.807, 2.05) is 0 Å². The van der Waals surface area contributed by atoms with Crippen molar-refractivity contribution in [2.45, 2.75) is 52.2 Å². The fourth-order valence-corrected chi connectivity index (χ4v) is 2.35. The highest BCUT2D eigenvalue weighted by Gasteiger charge is 2.15. The number of nitrogens with zero attached hydrogens (tertiary/aromatic N) is 1. The van der Waals surface area contributed by atoms with E-state index in [2.05, 4.69) is 31.0 Å². The largest absolute Gasteiger partial charge is 0.377 e. The first-order valence-electron chi connectivity index (χ1n) is 6.83. The maximum Gasteiger partial charge on any atom is 0.0671 e. The lowest BCUT2D eigenvalue weighted by atomic mass is 10.1. The average molecular weight is 228 g/mol. The van der Waals surface area contributed by atoms with Crippen LogP contribution in [0.2, 0.25) is 0 Å². The number of likely N-dealkylation sites (tertiary alicyclic amines) is 1. The molecule has 0 spiro atoms. The number of hydrogen-bond acceptors (Lipinski definition) is 3. The average Bonchev–Trinajstić information content (AvgIpc) is 2.51. The molecule has 0 saturated carbocycles. The molecule has 1 rings (SSSR count). The second-order valence-corrected chi connectivity index (χ2v) is 4.74. The summed E-state index contributed by atoms with van der Waals surface area (Å²) in [4.78, 5) is 2.55. The van der Waals surface area contributed by atoms with Gasteiger partial charge in [-0.3, -0.25) is 0 Å². The molecule has 3 heteroatoms. The van der Waals surface area contributed by atoms with E-state index in [-0.39, 0.29) is 0 Å². The highest BCUT2D eigenvalue weighted by Crippen LogP contribution is 2.10. The first-order valence-corrected chi connectivity index (χ1v) is 6.83. The number of rotatable bonds is 6. The Balaban J connectivity index is 2.17. The van der Waals surface area contributed by atoms with Crippen molar-refractivity contribution in [3.8, 4) is 0 Å². The van der Waals surface area contributed by atoms with Gasteiger partial charge in [0.2, 0.25) is 0 Å². The summed E-state index contributed by atoms with van der Waals surface area (Å²) >= 11 is 0. The Kier molecular flexibility index (Phi) is 7.01. The molecular formula is C13H28N2O. The van der Waals surface area contributed by atoms with Gasteiger partial charge in [-0.05, 0) is 52.7 Å². The smallest absolute Gasteiger partial charge is 0.0671 e. The lowest BCUT2D eigenvalue weighted by molar-refractivity contribution is 0.0735. The van der Waals surface area contributed by atoms with Gasteiger partial charge in [0.1, 0.15) is 0 Å². The zero-order valence-corrected chi connectivity index (χ0v) is 11.2.